The van der Waals surface area contributed by atoms with Crippen LogP contribution >= 0.6 is 0 Å². The maximum Gasteiger partial charge on any atom is 0.337 e. The molecule has 4 amide bonds. The molecule has 2 saturated heterocycles. The van der Waals surface area contributed by atoms with Gasteiger partial charge in [0.2, 0.25) is 23.6 Å². The van der Waals surface area contributed by atoms with Crippen molar-refractivity contribution in [3.8, 4) is 0 Å². The van der Waals surface area contributed by atoms with Crippen LogP contribution in [0.5, 0.6) is 0 Å². The molecule has 4 heterocycles. The highest BCUT2D eigenvalue weighted by molar-refractivity contribution is 6.08. The van der Waals surface area contributed by atoms with Gasteiger partial charge >= 0.3 is 11.9 Å². The van der Waals surface area contributed by atoms with Gasteiger partial charge in [-0.1, -0.05) is 0 Å². The zero-order valence-electron chi connectivity index (χ0n) is 26.3. The van der Waals surface area contributed by atoms with E-state index in [9.17, 15) is 33.9 Å². The van der Waals surface area contributed by atoms with Crippen molar-refractivity contribution in [2.75, 3.05) is 43.9 Å². The van der Waals surface area contributed by atoms with Gasteiger partial charge in [0.1, 0.15) is 0 Å². The average Bonchev–Trinajstić information content (AvgIpc) is 4.03. The summed E-state index contributed by atoms with van der Waals surface area (Å²) in [6.07, 6.45) is 6.22. The van der Waals surface area contributed by atoms with E-state index in [0.29, 0.717) is 63.1 Å². The van der Waals surface area contributed by atoms with E-state index in [1.54, 1.807) is 30.3 Å². The molecule has 2 aromatic carbocycles. The number of piperidine rings is 2. The Morgan fingerprint density at radius 2 is 1.11 bits per heavy atom. The molecular weight excluding hydrogens is 604 g/mol. The number of likely N-dealkylation sites (tertiary alicyclic amines) is 2. The lowest BCUT2D eigenvalue weighted by Crippen LogP contribution is -2.48. The maximum absolute atomic E-state index is 12.7. The molecule has 0 aromatic heterocycles. The van der Waals surface area contributed by atoms with E-state index in [0.717, 1.165) is 42.5 Å². The van der Waals surface area contributed by atoms with E-state index < -0.39 is 22.8 Å². The monoisotopic (exact) mass is 642 g/mol. The maximum atomic E-state index is 12.7. The number of benzene rings is 2. The molecule has 3 N–H and O–H groups in total. The predicted molar refractivity (Wildman–Crippen MR) is 169 cm³/mol. The first-order valence-electron chi connectivity index (χ1n) is 16.4. The summed E-state index contributed by atoms with van der Waals surface area (Å²) in [5.74, 6) is -0.685. The quantitative estimate of drug-likeness (QED) is 0.428. The number of carboxylic acids is 1. The predicted octanol–water partition coefficient (Wildman–Crippen LogP) is 3.30. The van der Waals surface area contributed by atoms with Crippen LogP contribution in [-0.2, 0) is 34.7 Å². The van der Waals surface area contributed by atoms with Crippen molar-refractivity contribution in [3.63, 3.8) is 0 Å². The normalized spacial score (nSPS) is 21.6. The van der Waals surface area contributed by atoms with Gasteiger partial charge in [-0.3, -0.25) is 19.2 Å². The lowest BCUT2D eigenvalue weighted by Gasteiger charge is -2.38. The molecule has 246 valence electrons. The van der Waals surface area contributed by atoms with Crippen molar-refractivity contribution in [2.24, 2.45) is 11.8 Å². The molecule has 2 aromatic rings. The standard InChI is InChI=1S/C18H20N2O4.C17H18N2O4/c1-24-16(22)12-4-5-14-13(10-12)18(17(23)19-14)6-8-20(9-7-18)15(21)11-2-3-11;20-14(10-1-2-10)19-7-5-17(6-8-19)12-9-11(15(21)22)3-4-13(12)18-16(17)23/h4-5,10-11H,2-3,6-9H2,1H3,(H,19,23);3-4,9-10H,1-2,5-8H2,(H,18,23)(H,21,22). The molecular formula is C35H38N4O8. The molecule has 0 unspecified atom stereocenters. The molecule has 6 aliphatic rings. The number of esters is 1. The van der Waals surface area contributed by atoms with E-state index in [1.807, 2.05) is 9.80 Å². The Bertz CT molecular complexity index is 1690. The minimum absolute atomic E-state index is 0.0296. The number of hydrogen-bond acceptors (Lipinski definition) is 7. The second-order valence-corrected chi connectivity index (χ2v) is 13.6. The van der Waals surface area contributed by atoms with Gasteiger partial charge in [-0.15, -0.1) is 0 Å². The number of carboxylic acid groups (broad SMARTS) is 1. The van der Waals surface area contributed by atoms with E-state index in [2.05, 4.69) is 10.6 Å². The third kappa shape index (κ3) is 5.33. The van der Waals surface area contributed by atoms with E-state index in [1.165, 1.54) is 13.2 Å². The van der Waals surface area contributed by atoms with Gasteiger partial charge in [-0.2, -0.15) is 0 Å². The number of methoxy groups -OCH3 is 1. The largest absolute Gasteiger partial charge is 0.478 e. The zero-order valence-corrected chi connectivity index (χ0v) is 26.3. The van der Waals surface area contributed by atoms with Crippen LogP contribution < -0.4 is 10.6 Å². The number of aromatic carboxylic acids is 1. The number of rotatable bonds is 4. The van der Waals surface area contributed by atoms with Gasteiger partial charge in [0.15, 0.2) is 0 Å². The summed E-state index contributed by atoms with van der Waals surface area (Å²) >= 11 is 0. The highest BCUT2D eigenvalue weighted by atomic mass is 16.5. The number of hydrogen-bond donors (Lipinski definition) is 3. The number of carbonyl (C=O) groups is 6. The average molecular weight is 643 g/mol. The summed E-state index contributed by atoms with van der Waals surface area (Å²) in [5.41, 5.74) is 2.38. The number of nitrogens with one attached hydrogen (secondary N) is 2. The Morgan fingerprint density at radius 3 is 1.49 bits per heavy atom. The van der Waals surface area contributed by atoms with Crippen LogP contribution in [0, 0.1) is 11.8 Å². The minimum Gasteiger partial charge on any atom is -0.478 e. The van der Waals surface area contributed by atoms with Crippen molar-refractivity contribution in [3.05, 3.63) is 58.7 Å². The van der Waals surface area contributed by atoms with Crippen molar-refractivity contribution in [2.45, 2.75) is 62.2 Å². The van der Waals surface area contributed by atoms with Crippen molar-refractivity contribution in [1.29, 1.82) is 0 Å². The molecule has 2 aliphatic carbocycles. The Labute approximate surface area is 271 Å². The molecule has 12 nitrogen and oxygen atoms in total. The highest BCUT2D eigenvalue weighted by Gasteiger charge is 2.51. The number of anilines is 2. The zero-order chi connectivity index (χ0) is 33.1. The molecule has 8 rings (SSSR count). The molecule has 0 atom stereocenters. The van der Waals surface area contributed by atoms with Gasteiger partial charge in [-0.25, -0.2) is 9.59 Å². The molecule has 4 fully saturated rings. The van der Waals surface area contributed by atoms with Crippen molar-refractivity contribution in [1.82, 2.24) is 9.80 Å². The van der Waals surface area contributed by atoms with Crippen LogP contribution in [0.15, 0.2) is 36.4 Å². The van der Waals surface area contributed by atoms with Crippen LogP contribution in [0.25, 0.3) is 0 Å². The summed E-state index contributed by atoms with van der Waals surface area (Å²) in [6.45, 7) is 2.29. The number of carbonyl (C=O) groups excluding carboxylic acids is 5. The summed E-state index contributed by atoms with van der Waals surface area (Å²) < 4.78 is 4.78. The third-order valence-electron chi connectivity index (χ3n) is 10.8. The molecule has 2 saturated carbocycles. The van der Waals surface area contributed by atoms with Crippen LogP contribution in [0.2, 0.25) is 0 Å². The van der Waals surface area contributed by atoms with Crippen molar-refractivity contribution >= 4 is 46.9 Å². The first-order valence-corrected chi connectivity index (χ1v) is 16.4. The van der Waals surface area contributed by atoms with Gasteiger partial charge in [-0.05, 0) is 98.9 Å². The van der Waals surface area contributed by atoms with Crippen LogP contribution in [0.1, 0.15) is 83.2 Å². The Hall–Kier alpha value is -4.74. The van der Waals surface area contributed by atoms with Gasteiger partial charge < -0.3 is 30.3 Å². The minimum atomic E-state index is -0.997. The van der Waals surface area contributed by atoms with E-state index in [-0.39, 0.29) is 41.0 Å². The summed E-state index contributed by atoms with van der Waals surface area (Å²) in [7, 11) is 1.34. The second kappa shape index (κ2) is 11.5. The molecule has 12 heteroatoms. The molecule has 4 aliphatic heterocycles. The highest BCUT2D eigenvalue weighted by Crippen LogP contribution is 2.47. The lowest BCUT2D eigenvalue weighted by atomic mass is 9.73. The topological polar surface area (TPSA) is 162 Å². The number of amides is 4. The fraction of sp³-hybridized carbons (Fsp3) is 0.486. The Morgan fingerprint density at radius 1 is 0.702 bits per heavy atom. The fourth-order valence-electron chi connectivity index (χ4n) is 7.59. The Balaban J connectivity index is 0.000000150. The Kier molecular flexibility index (Phi) is 7.56. The first kappa shape index (κ1) is 30.9. The summed E-state index contributed by atoms with van der Waals surface area (Å²) in [5, 5.41) is 15.0. The number of nitrogens with zero attached hydrogens (tertiary/aromatic N) is 2. The van der Waals surface area contributed by atoms with Gasteiger partial charge in [0.25, 0.3) is 0 Å². The first-order chi connectivity index (χ1) is 22.6. The fourth-order valence-corrected chi connectivity index (χ4v) is 7.59. The van der Waals surface area contributed by atoms with Gasteiger partial charge in [0.05, 0.1) is 29.1 Å². The number of ether oxygens (including phenoxy) is 1. The van der Waals surface area contributed by atoms with Crippen LogP contribution in [0.3, 0.4) is 0 Å². The molecule has 0 bridgehead atoms. The van der Waals surface area contributed by atoms with E-state index >= 15 is 0 Å². The summed E-state index contributed by atoms with van der Waals surface area (Å²) in [4.78, 5) is 76.4. The van der Waals surface area contributed by atoms with Crippen LogP contribution in [0.4, 0.5) is 11.4 Å². The van der Waals surface area contributed by atoms with Crippen molar-refractivity contribution < 1.29 is 38.6 Å². The van der Waals surface area contributed by atoms with Gasteiger partial charge in [0, 0.05) is 49.4 Å². The molecule has 47 heavy (non-hydrogen) atoms. The van der Waals surface area contributed by atoms with Crippen LogP contribution in [-0.4, -0.2) is 83.8 Å². The third-order valence-corrected chi connectivity index (χ3v) is 10.8. The van der Waals surface area contributed by atoms with E-state index in [4.69, 9.17) is 4.74 Å². The molecule has 2 spiro atoms. The SMILES string of the molecule is COC(=O)c1ccc2c(c1)C1(CCN(C(=O)C3CC3)CC1)C(=O)N2.O=C(O)c1ccc2c(c1)C1(CCN(C(=O)C3CC3)CC1)C(=O)N2. The smallest absolute Gasteiger partial charge is 0.337 e. The number of fused-ring (bicyclic) bond motifs is 4. The lowest BCUT2D eigenvalue weighted by molar-refractivity contribution is -0.136. The molecule has 0 radical (unpaired) electrons. The summed E-state index contributed by atoms with van der Waals surface area (Å²) in [6, 6.07) is 9.95. The second-order valence-electron chi connectivity index (χ2n) is 13.6.